The van der Waals surface area contributed by atoms with Gasteiger partial charge in [-0.1, -0.05) is 123 Å². The van der Waals surface area contributed by atoms with Gasteiger partial charge in [-0.15, -0.1) is 0 Å². The highest BCUT2D eigenvalue weighted by Gasteiger charge is 2.35. The van der Waals surface area contributed by atoms with Gasteiger partial charge in [0.15, 0.2) is 5.82 Å². The van der Waals surface area contributed by atoms with E-state index in [1.54, 1.807) is 0 Å². The van der Waals surface area contributed by atoms with Crippen molar-refractivity contribution < 1.29 is 0 Å². The van der Waals surface area contributed by atoms with Crippen molar-refractivity contribution in [3.8, 4) is 50.7 Å². The number of nitrogens with zero attached hydrogens (tertiary/aromatic N) is 3. The van der Waals surface area contributed by atoms with Crippen molar-refractivity contribution in [1.29, 1.82) is 0 Å². The van der Waals surface area contributed by atoms with Crippen molar-refractivity contribution >= 4 is 33.4 Å². The van der Waals surface area contributed by atoms with E-state index in [9.17, 15) is 0 Å². The van der Waals surface area contributed by atoms with Crippen molar-refractivity contribution in [2.45, 2.75) is 19.3 Å². The number of hydrogen-bond acceptors (Lipinski definition) is 2. The fraction of sp³-hybridized carbons (Fsp3) is 0.0698. The molecule has 4 heteroatoms. The van der Waals surface area contributed by atoms with Gasteiger partial charge in [-0.3, -0.25) is 0 Å². The summed E-state index contributed by atoms with van der Waals surface area (Å²) in [6.45, 7) is 4.63. The van der Waals surface area contributed by atoms with Gasteiger partial charge in [0, 0.05) is 43.6 Å². The summed E-state index contributed by atoms with van der Waals surface area (Å²) in [7, 11) is 0. The maximum absolute atomic E-state index is 6.51. The van der Waals surface area contributed by atoms with E-state index in [4.69, 9.17) is 21.6 Å². The molecule has 0 atom stereocenters. The lowest BCUT2D eigenvalue weighted by molar-refractivity contribution is 0.660. The minimum atomic E-state index is -0.115. The van der Waals surface area contributed by atoms with Gasteiger partial charge >= 0.3 is 0 Å². The molecule has 224 valence electrons. The Balaban J connectivity index is 1.32. The summed E-state index contributed by atoms with van der Waals surface area (Å²) in [6, 6.07) is 51.1. The quantitative estimate of drug-likeness (QED) is 0.195. The lowest BCUT2D eigenvalue weighted by Crippen LogP contribution is -2.14. The molecule has 0 saturated carbocycles. The third-order valence-corrected chi connectivity index (χ3v) is 9.91. The molecule has 0 radical (unpaired) electrons. The second kappa shape index (κ2) is 10.5. The van der Waals surface area contributed by atoms with E-state index >= 15 is 0 Å². The van der Waals surface area contributed by atoms with Gasteiger partial charge in [-0.05, 0) is 70.8 Å². The summed E-state index contributed by atoms with van der Waals surface area (Å²) in [5, 5.41) is 3.03. The van der Waals surface area contributed by atoms with Gasteiger partial charge in [0.2, 0.25) is 0 Å². The van der Waals surface area contributed by atoms with Crippen LogP contribution in [0.4, 0.5) is 0 Å². The van der Waals surface area contributed by atoms with Crippen LogP contribution in [0.15, 0.2) is 146 Å². The van der Waals surface area contributed by atoms with Crippen LogP contribution in [0, 0.1) is 0 Å². The maximum Gasteiger partial charge on any atom is 0.162 e. The van der Waals surface area contributed by atoms with Crippen LogP contribution in [-0.2, 0) is 5.41 Å². The van der Waals surface area contributed by atoms with Crippen molar-refractivity contribution in [3.05, 3.63) is 162 Å². The molecule has 9 rings (SSSR count). The zero-order chi connectivity index (χ0) is 31.7. The van der Waals surface area contributed by atoms with E-state index in [-0.39, 0.29) is 5.41 Å². The molecular weight excluding hydrogens is 594 g/mol. The third-order valence-electron chi connectivity index (χ3n) is 9.68. The van der Waals surface area contributed by atoms with E-state index in [1.165, 1.54) is 27.6 Å². The van der Waals surface area contributed by atoms with Crippen LogP contribution in [0.2, 0.25) is 5.02 Å². The van der Waals surface area contributed by atoms with Crippen LogP contribution < -0.4 is 0 Å². The normalized spacial score (nSPS) is 13.2. The van der Waals surface area contributed by atoms with Crippen LogP contribution in [0.3, 0.4) is 0 Å². The summed E-state index contributed by atoms with van der Waals surface area (Å²) in [5.41, 5.74) is 13.2. The predicted octanol–water partition coefficient (Wildman–Crippen LogP) is 11.5. The Morgan fingerprint density at radius 1 is 0.532 bits per heavy atom. The Hall–Kier alpha value is -5.51. The van der Waals surface area contributed by atoms with Crippen LogP contribution in [0.25, 0.3) is 72.5 Å². The number of hydrogen-bond donors (Lipinski definition) is 0. The van der Waals surface area contributed by atoms with E-state index in [0.717, 1.165) is 50.2 Å². The molecule has 0 saturated heterocycles. The first kappa shape index (κ1) is 27.8. The molecule has 2 aromatic heterocycles. The molecule has 0 spiro atoms. The molecule has 0 amide bonds. The molecule has 47 heavy (non-hydrogen) atoms. The van der Waals surface area contributed by atoms with E-state index in [2.05, 4.69) is 146 Å². The van der Waals surface area contributed by atoms with E-state index in [0.29, 0.717) is 10.8 Å². The minimum absolute atomic E-state index is 0.115. The van der Waals surface area contributed by atoms with Crippen LogP contribution >= 0.6 is 11.6 Å². The first-order valence-corrected chi connectivity index (χ1v) is 16.3. The second-order valence-corrected chi connectivity index (χ2v) is 13.2. The van der Waals surface area contributed by atoms with Gasteiger partial charge < -0.3 is 4.57 Å². The highest BCUT2D eigenvalue weighted by atomic mass is 35.5. The first-order chi connectivity index (χ1) is 23.0. The third kappa shape index (κ3) is 4.35. The molecule has 0 unspecified atom stereocenters. The van der Waals surface area contributed by atoms with Gasteiger partial charge in [-0.25, -0.2) is 9.97 Å². The van der Waals surface area contributed by atoms with Gasteiger partial charge in [0.1, 0.15) is 0 Å². The Kier molecular flexibility index (Phi) is 6.21. The molecule has 3 nitrogen and oxygen atoms in total. The van der Waals surface area contributed by atoms with Gasteiger partial charge in [0.05, 0.1) is 22.4 Å². The zero-order valence-electron chi connectivity index (χ0n) is 26.1. The SMILES string of the molecule is CC1(C)c2ccccc2-c2ccc(-c3cc(-c4cccc(Cl)c4)nc(-c4cccc5c6ccccc6n(-c6ccccc6)c45)n3)cc21. The fourth-order valence-corrected chi connectivity index (χ4v) is 7.61. The lowest BCUT2D eigenvalue weighted by Gasteiger charge is -2.22. The Labute approximate surface area is 278 Å². The molecule has 0 aliphatic heterocycles. The molecule has 2 heterocycles. The summed E-state index contributed by atoms with van der Waals surface area (Å²) >= 11 is 6.51. The second-order valence-electron chi connectivity index (χ2n) is 12.8. The fourth-order valence-electron chi connectivity index (χ4n) is 7.42. The summed E-state index contributed by atoms with van der Waals surface area (Å²) in [6.07, 6.45) is 0. The van der Waals surface area contributed by atoms with Crippen LogP contribution in [-0.4, -0.2) is 14.5 Å². The smallest absolute Gasteiger partial charge is 0.162 e. The Morgan fingerprint density at radius 2 is 1.19 bits per heavy atom. The number of rotatable bonds is 4. The number of aromatic nitrogens is 3. The Morgan fingerprint density at radius 3 is 2.02 bits per heavy atom. The molecule has 0 fully saturated rings. The number of halogens is 1. The average Bonchev–Trinajstić information content (AvgIpc) is 3.57. The van der Waals surface area contributed by atoms with Crippen molar-refractivity contribution in [1.82, 2.24) is 14.5 Å². The van der Waals surface area contributed by atoms with Crippen molar-refractivity contribution in [2.75, 3.05) is 0 Å². The van der Waals surface area contributed by atoms with Crippen molar-refractivity contribution in [2.24, 2.45) is 0 Å². The molecule has 0 N–H and O–H groups in total. The highest BCUT2D eigenvalue weighted by molar-refractivity contribution is 6.30. The molecule has 8 aromatic rings. The van der Waals surface area contributed by atoms with Crippen LogP contribution in [0.1, 0.15) is 25.0 Å². The highest BCUT2D eigenvalue weighted by Crippen LogP contribution is 2.49. The summed E-state index contributed by atoms with van der Waals surface area (Å²) in [4.78, 5) is 10.6. The van der Waals surface area contributed by atoms with E-state index < -0.39 is 0 Å². The molecule has 1 aliphatic rings. The van der Waals surface area contributed by atoms with Crippen molar-refractivity contribution in [3.63, 3.8) is 0 Å². The topological polar surface area (TPSA) is 30.7 Å². The Bertz CT molecular complexity index is 2510. The summed E-state index contributed by atoms with van der Waals surface area (Å²) in [5.74, 6) is 0.672. The number of benzene rings is 6. The molecular formula is C43H30ClN3. The average molecular weight is 624 g/mol. The first-order valence-electron chi connectivity index (χ1n) is 16.0. The van der Waals surface area contributed by atoms with Crippen LogP contribution in [0.5, 0.6) is 0 Å². The molecule has 1 aliphatic carbocycles. The largest absolute Gasteiger partial charge is 0.309 e. The monoisotopic (exact) mass is 623 g/mol. The standard InChI is InChI=1S/C43H30ClN3/c1-43(2)36-20-8-6-16-31(36)32-23-22-28(25-37(32)43)39-26-38(27-12-10-13-29(44)24-27)45-42(46-39)35-19-11-18-34-33-17-7-9-21-40(33)47(41(34)35)30-14-4-3-5-15-30/h3-26H,1-2H3. The lowest BCUT2D eigenvalue weighted by atomic mass is 9.82. The predicted molar refractivity (Wildman–Crippen MR) is 195 cm³/mol. The number of para-hydroxylation sites is 3. The van der Waals surface area contributed by atoms with E-state index in [1.807, 2.05) is 18.2 Å². The molecule has 6 aromatic carbocycles. The maximum atomic E-state index is 6.51. The van der Waals surface area contributed by atoms with Gasteiger partial charge in [-0.2, -0.15) is 0 Å². The molecule has 0 bridgehead atoms. The zero-order valence-corrected chi connectivity index (χ0v) is 26.8. The van der Waals surface area contributed by atoms with Gasteiger partial charge in [0.25, 0.3) is 0 Å². The number of fused-ring (bicyclic) bond motifs is 6. The minimum Gasteiger partial charge on any atom is -0.309 e. The summed E-state index contributed by atoms with van der Waals surface area (Å²) < 4.78 is 2.34.